The maximum atomic E-state index is 12.7. The number of aromatic nitrogens is 3. The van der Waals surface area contributed by atoms with Crippen LogP contribution in [0.5, 0.6) is 0 Å². The number of fused-ring (bicyclic) bond motifs is 1. The molecule has 0 spiro atoms. The molecule has 0 saturated carbocycles. The minimum Gasteiger partial charge on any atom is -0.330 e. The summed E-state index contributed by atoms with van der Waals surface area (Å²) in [4.78, 5) is 4.28. The summed E-state index contributed by atoms with van der Waals surface area (Å²) in [6.07, 6.45) is 2.22. The number of nitrogens with zero attached hydrogens (tertiary/aromatic N) is 2. The predicted octanol–water partition coefficient (Wildman–Crippen LogP) is 4.45. The van der Waals surface area contributed by atoms with Gasteiger partial charge in [-0.3, -0.25) is 5.10 Å². The Labute approximate surface area is 151 Å². The van der Waals surface area contributed by atoms with E-state index in [0.29, 0.717) is 18.6 Å². The zero-order valence-electron chi connectivity index (χ0n) is 15.1. The Kier molecular flexibility index (Phi) is 5.32. The van der Waals surface area contributed by atoms with Crippen LogP contribution in [-0.2, 0) is 11.8 Å². The number of H-pyrrole nitrogens is 1. The smallest absolute Gasteiger partial charge is 0.239 e. The predicted molar refractivity (Wildman–Crippen MR) is 100 cm³/mol. The molecule has 2 heterocycles. The van der Waals surface area contributed by atoms with Gasteiger partial charge in [-0.1, -0.05) is 32.0 Å². The number of hydrogen-bond donors (Lipinski definition) is 2. The Morgan fingerprint density at radius 2 is 2.08 bits per heavy atom. The van der Waals surface area contributed by atoms with E-state index in [-0.39, 0.29) is 11.8 Å². The fourth-order valence-corrected chi connectivity index (χ4v) is 3.19. The van der Waals surface area contributed by atoms with Crippen molar-refractivity contribution in [2.75, 3.05) is 6.54 Å². The van der Waals surface area contributed by atoms with Crippen molar-refractivity contribution in [3.63, 3.8) is 0 Å². The normalized spacial score (nSPS) is 14.1. The molecule has 26 heavy (non-hydrogen) atoms. The summed E-state index contributed by atoms with van der Waals surface area (Å²) >= 11 is 0. The molecular formula is C20H24F2N4. The van der Waals surface area contributed by atoms with Crippen LogP contribution in [0, 0.1) is 0 Å². The number of halogens is 2. The average Bonchev–Trinajstić information content (AvgIpc) is 3.14. The highest BCUT2D eigenvalue weighted by atomic mass is 19.3. The lowest BCUT2D eigenvalue weighted by molar-refractivity contribution is 0.138. The molecule has 0 amide bonds. The summed E-state index contributed by atoms with van der Waals surface area (Å²) in [6, 6.07) is 8.06. The zero-order valence-corrected chi connectivity index (χ0v) is 15.1. The van der Waals surface area contributed by atoms with Gasteiger partial charge in [0.2, 0.25) is 6.43 Å². The van der Waals surface area contributed by atoms with E-state index in [4.69, 9.17) is 5.73 Å². The van der Waals surface area contributed by atoms with E-state index in [2.05, 4.69) is 35.1 Å². The standard InChI is InChI=1S/C20H24F2N4/c1-3-20(2,12-23)15-9-13(4-5-18(21)22)8-14(10-15)16-6-7-24-19-17(16)11-25-26-19/h6-11,18H,3-5,12,23H2,1-2H3,(H,24,25,26). The average molecular weight is 358 g/mol. The fraction of sp³-hybridized carbons (Fsp3) is 0.400. The summed E-state index contributed by atoms with van der Waals surface area (Å²) in [5.41, 5.74) is 10.5. The van der Waals surface area contributed by atoms with Gasteiger partial charge in [-0.15, -0.1) is 0 Å². The summed E-state index contributed by atoms with van der Waals surface area (Å²) < 4.78 is 25.5. The topological polar surface area (TPSA) is 67.6 Å². The first-order valence-electron chi connectivity index (χ1n) is 8.88. The molecule has 4 nitrogen and oxygen atoms in total. The van der Waals surface area contributed by atoms with E-state index in [0.717, 1.165) is 34.1 Å². The summed E-state index contributed by atoms with van der Waals surface area (Å²) in [7, 11) is 0. The molecule has 0 aliphatic carbocycles. The van der Waals surface area contributed by atoms with Gasteiger partial charge in [0.15, 0.2) is 5.65 Å². The van der Waals surface area contributed by atoms with Gasteiger partial charge in [0.25, 0.3) is 0 Å². The zero-order chi connectivity index (χ0) is 18.7. The molecule has 2 aromatic heterocycles. The highest BCUT2D eigenvalue weighted by molar-refractivity contribution is 5.92. The number of hydrogen-bond acceptors (Lipinski definition) is 3. The SMILES string of the molecule is CCC(C)(CN)c1cc(CCC(F)F)cc(-c2ccnc3[nH]ncc23)c1. The van der Waals surface area contributed by atoms with Crippen LogP contribution in [0.4, 0.5) is 8.78 Å². The molecular weight excluding hydrogens is 334 g/mol. The van der Waals surface area contributed by atoms with Gasteiger partial charge >= 0.3 is 0 Å². The molecule has 6 heteroatoms. The van der Waals surface area contributed by atoms with Crippen molar-refractivity contribution in [3.8, 4) is 11.1 Å². The second-order valence-electron chi connectivity index (χ2n) is 6.96. The minimum absolute atomic E-state index is 0.147. The first-order valence-corrected chi connectivity index (χ1v) is 8.88. The Balaban J connectivity index is 2.14. The van der Waals surface area contributed by atoms with E-state index in [1.807, 2.05) is 18.2 Å². The quantitative estimate of drug-likeness (QED) is 0.656. The van der Waals surface area contributed by atoms with E-state index in [1.165, 1.54) is 0 Å². The van der Waals surface area contributed by atoms with Crippen LogP contribution in [0.3, 0.4) is 0 Å². The molecule has 138 valence electrons. The third kappa shape index (κ3) is 3.60. The third-order valence-corrected chi connectivity index (χ3v) is 5.24. The number of pyridine rings is 1. The van der Waals surface area contributed by atoms with Gasteiger partial charge in [0.1, 0.15) is 0 Å². The van der Waals surface area contributed by atoms with Crippen LogP contribution in [0.15, 0.2) is 36.7 Å². The fourth-order valence-electron chi connectivity index (χ4n) is 3.19. The maximum absolute atomic E-state index is 12.7. The molecule has 1 atom stereocenters. The number of aryl methyl sites for hydroxylation is 1. The van der Waals surface area contributed by atoms with Crippen LogP contribution in [0.25, 0.3) is 22.2 Å². The van der Waals surface area contributed by atoms with Crippen molar-refractivity contribution in [1.29, 1.82) is 0 Å². The molecule has 0 saturated heterocycles. The molecule has 3 aromatic rings. The maximum Gasteiger partial charge on any atom is 0.239 e. The highest BCUT2D eigenvalue weighted by Crippen LogP contribution is 2.34. The third-order valence-electron chi connectivity index (χ3n) is 5.24. The van der Waals surface area contributed by atoms with Gasteiger partial charge in [-0.05, 0) is 41.2 Å². The summed E-state index contributed by atoms with van der Waals surface area (Å²) in [6.45, 7) is 4.71. The van der Waals surface area contributed by atoms with Gasteiger partial charge in [-0.25, -0.2) is 13.8 Å². The summed E-state index contributed by atoms with van der Waals surface area (Å²) in [5.74, 6) is 0. The Hall–Kier alpha value is -2.34. The van der Waals surface area contributed by atoms with Crippen molar-refractivity contribution in [2.24, 2.45) is 5.73 Å². The van der Waals surface area contributed by atoms with Crippen LogP contribution in [0.1, 0.15) is 37.8 Å². The van der Waals surface area contributed by atoms with E-state index >= 15 is 0 Å². The van der Waals surface area contributed by atoms with E-state index < -0.39 is 6.43 Å². The van der Waals surface area contributed by atoms with Gasteiger partial charge < -0.3 is 5.73 Å². The lowest BCUT2D eigenvalue weighted by atomic mass is 9.78. The molecule has 1 aromatic carbocycles. The van der Waals surface area contributed by atoms with Crippen LogP contribution >= 0.6 is 0 Å². The summed E-state index contributed by atoms with van der Waals surface area (Å²) in [5, 5.41) is 7.85. The van der Waals surface area contributed by atoms with Crippen molar-refractivity contribution in [3.05, 3.63) is 47.8 Å². The minimum atomic E-state index is -2.31. The number of alkyl halides is 2. The van der Waals surface area contributed by atoms with Crippen molar-refractivity contribution in [2.45, 2.75) is 45.0 Å². The molecule has 3 N–H and O–H groups in total. The Bertz CT molecular complexity index is 884. The Morgan fingerprint density at radius 1 is 1.27 bits per heavy atom. The molecule has 1 unspecified atom stereocenters. The number of rotatable bonds is 7. The number of nitrogens with two attached hydrogens (primary N) is 1. The highest BCUT2D eigenvalue weighted by Gasteiger charge is 2.24. The van der Waals surface area contributed by atoms with Crippen molar-refractivity contribution >= 4 is 11.0 Å². The van der Waals surface area contributed by atoms with E-state index in [1.54, 1.807) is 12.4 Å². The molecule has 0 radical (unpaired) electrons. The second kappa shape index (κ2) is 7.50. The van der Waals surface area contributed by atoms with Crippen LogP contribution < -0.4 is 5.73 Å². The largest absolute Gasteiger partial charge is 0.330 e. The van der Waals surface area contributed by atoms with Crippen LogP contribution in [0.2, 0.25) is 0 Å². The lowest BCUT2D eigenvalue weighted by Gasteiger charge is -2.28. The Morgan fingerprint density at radius 3 is 2.77 bits per heavy atom. The van der Waals surface area contributed by atoms with Crippen LogP contribution in [-0.4, -0.2) is 28.2 Å². The molecule has 0 fully saturated rings. The molecule has 0 aliphatic heterocycles. The van der Waals surface area contributed by atoms with Crippen molar-refractivity contribution in [1.82, 2.24) is 15.2 Å². The number of nitrogens with one attached hydrogen (secondary N) is 1. The second-order valence-corrected chi connectivity index (χ2v) is 6.96. The number of aromatic amines is 1. The number of benzene rings is 1. The van der Waals surface area contributed by atoms with Crippen molar-refractivity contribution < 1.29 is 8.78 Å². The molecule has 0 bridgehead atoms. The monoisotopic (exact) mass is 358 g/mol. The lowest BCUT2D eigenvalue weighted by Crippen LogP contribution is -2.31. The van der Waals surface area contributed by atoms with E-state index in [9.17, 15) is 8.78 Å². The molecule has 0 aliphatic rings. The van der Waals surface area contributed by atoms with Gasteiger partial charge in [-0.2, -0.15) is 5.10 Å². The van der Waals surface area contributed by atoms with Gasteiger partial charge in [0.05, 0.1) is 6.20 Å². The first kappa shape index (κ1) is 18.5. The molecule has 3 rings (SSSR count). The van der Waals surface area contributed by atoms with Gasteiger partial charge in [0, 0.05) is 30.0 Å². The first-order chi connectivity index (χ1) is 12.5.